The lowest BCUT2D eigenvalue weighted by Crippen LogP contribution is -1.62. The van der Waals surface area contributed by atoms with Crippen LogP contribution in [0.3, 0.4) is 0 Å². The Morgan fingerprint density at radius 2 is 2.14 bits per heavy atom. The van der Waals surface area contributed by atoms with Crippen LogP contribution in [0.25, 0.3) is 0 Å². The molecule has 2 heteroatoms. The third kappa shape index (κ3) is 10.8. The predicted octanol–water partition coefficient (Wildman–Crippen LogP) is 0.875. The molecular formula is C5H11NO. The number of nitriles is 1. The van der Waals surface area contributed by atoms with Crippen molar-refractivity contribution in [1.82, 2.24) is 0 Å². The summed E-state index contributed by atoms with van der Waals surface area (Å²) < 4.78 is 0. The quantitative estimate of drug-likeness (QED) is 0.476. The van der Waals surface area contributed by atoms with E-state index in [0.717, 1.165) is 19.3 Å². The number of rotatable bonds is 2. The van der Waals surface area contributed by atoms with Crippen molar-refractivity contribution in [2.24, 2.45) is 0 Å². The van der Waals surface area contributed by atoms with E-state index in [0.29, 0.717) is 0 Å². The first kappa shape index (κ1) is 9.67. The number of nitrogens with zero attached hydrogens (tertiary/aromatic N) is 1. The fourth-order valence-electron chi connectivity index (χ4n) is 0.256. The van der Waals surface area contributed by atoms with Crippen LogP contribution in [0.1, 0.15) is 26.2 Å². The highest BCUT2D eigenvalue weighted by atomic mass is 16.0. The highest BCUT2D eigenvalue weighted by Gasteiger charge is 1.74. The average molecular weight is 101 g/mol. The second-order valence-corrected chi connectivity index (χ2v) is 1.26. The molecule has 0 radical (unpaired) electrons. The molecule has 2 nitrogen and oxygen atoms in total. The molecule has 0 aliphatic rings. The van der Waals surface area contributed by atoms with Crippen LogP contribution in [0.2, 0.25) is 0 Å². The lowest BCUT2D eigenvalue weighted by Gasteiger charge is -1.77. The van der Waals surface area contributed by atoms with Crippen molar-refractivity contribution in [2.75, 3.05) is 0 Å². The molecule has 0 unspecified atom stereocenters. The van der Waals surface area contributed by atoms with Crippen molar-refractivity contribution >= 4 is 0 Å². The van der Waals surface area contributed by atoms with Gasteiger partial charge in [0.2, 0.25) is 0 Å². The summed E-state index contributed by atoms with van der Waals surface area (Å²) in [6, 6.07) is 2.07. The van der Waals surface area contributed by atoms with Crippen molar-refractivity contribution in [3.05, 3.63) is 0 Å². The molecule has 0 aromatic heterocycles. The van der Waals surface area contributed by atoms with Gasteiger partial charge in [-0.3, -0.25) is 0 Å². The van der Waals surface area contributed by atoms with Crippen molar-refractivity contribution in [3.8, 4) is 6.07 Å². The molecule has 0 bridgehead atoms. The second kappa shape index (κ2) is 9.07. The summed E-state index contributed by atoms with van der Waals surface area (Å²) in [6.45, 7) is 2.08. The molecule has 0 atom stereocenters. The summed E-state index contributed by atoms with van der Waals surface area (Å²) in [4.78, 5) is 0. The van der Waals surface area contributed by atoms with Gasteiger partial charge in [-0.15, -0.1) is 0 Å². The Hall–Kier alpha value is -0.550. The van der Waals surface area contributed by atoms with E-state index < -0.39 is 0 Å². The molecule has 0 aromatic rings. The summed E-state index contributed by atoms with van der Waals surface area (Å²) in [5, 5.41) is 7.95. The Bertz CT molecular complexity index is 55.6. The molecular weight excluding hydrogens is 90.1 g/mol. The van der Waals surface area contributed by atoms with Crippen LogP contribution in [0.4, 0.5) is 0 Å². The minimum Gasteiger partial charge on any atom is -0.412 e. The zero-order chi connectivity index (χ0) is 4.83. The molecule has 0 saturated carbocycles. The van der Waals surface area contributed by atoms with Gasteiger partial charge in [0.05, 0.1) is 6.07 Å². The molecule has 0 heterocycles. The normalized spacial score (nSPS) is 6.29. The van der Waals surface area contributed by atoms with Gasteiger partial charge in [0, 0.05) is 6.42 Å². The van der Waals surface area contributed by atoms with Gasteiger partial charge in [-0.1, -0.05) is 13.3 Å². The minimum atomic E-state index is 0. The second-order valence-electron chi connectivity index (χ2n) is 1.26. The summed E-state index contributed by atoms with van der Waals surface area (Å²) >= 11 is 0. The van der Waals surface area contributed by atoms with Crippen LogP contribution in [-0.2, 0) is 0 Å². The Balaban J connectivity index is 0. The lowest BCUT2D eigenvalue weighted by molar-refractivity contribution is 0.822. The molecule has 7 heavy (non-hydrogen) atoms. The monoisotopic (exact) mass is 101 g/mol. The summed E-state index contributed by atoms with van der Waals surface area (Å²) in [7, 11) is 0. The maximum absolute atomic E-state index is 7.95. The van der Waals surface area contributed by atoms with E-state index in [9.17, 15) is 0 Å². The number of hydrogen-bond acceptors (Lipinski definition) is 1. The Kier molecular flexibility index (Phi) is 12.5. The first-order valence-electron chi connectivity index (χ1n) is 2.28. The highest BCUT2D eigenvalue weighted by molar-refractivity contribution is 4.66. The van der Waals surface area contributed by atoms with E-state index in [-0.39, 0.29) is 5.48 Å². The topological polar surface area (TPSA) is 55.3 Å². The molecule has 0 saturated heterocycles. The third-order valence-corrected chi connectivity index (χ3v) is 0.642. The van der Waals surface area contributed by atoms with Gasteiger partial charge in [-0.25, -0.2) is 0 Å². The average Bonchev–Trinajstić information content (AvgIpc) is 1.61. The molecule has 0 fully saturated rings. The van der Waals surface area contributed by atoms with Gasteiger partial charge in [0.15, 0.2) is 0 Å². The molecule has 0 amide bonds. The fourth-order valence-corrected chi connectivity index (χ4v) is 0.256. The summed E-state index contributed by atoms with van der Waals surface area (Å²) in [5.41, 5.74) is 0. The maximum atomic E-state index is 7.95. The third-order valence-electron chi connectivity index (χ3n) is 0.642. The summed E-state index contributed by atoms with van der Waals surface area (Å²) in [5.74, 6) is 0. The van der Waals surface area contributed by atoms with Crippen LogP contribution in [0.5, 0.6) is 0 Å². The molecule has 0 aromatic carbocycles. The Morgan fingerprint density at radius 1 is 1.57 bits per heavy atom. The lowest BCUT2D eigenvalue weighted by atomic mass is 10.3. The molecule has 0 aliphatic heterocycles. The van der Waals surface area contributed by atoms with Crippen LogP contribution in [-0.4, -0.2) is 5.48 Å². The molecule has 0 aliphatic carbocycles. The maximum Gasteiger partial charge on any atom is 0.0621 e. The number of unbranched alkanes of at least 4 members (excludes halogenated alkanes) is 2. The van der Waals surface area contributed by atoms with Crippen LogP contribution in [0.15, 0.2) is 0 Å². The van der Waals surface area contributed by atoms with Crippen molar-refractivity contribution in [3.63, 3.8) is 0 Å². The van der Waals surface area contributed by atoms with Crippen molar-refractivity contribution < 1.29 is 5.48 Å². The first-order valence-corrected chi connectivity index (χ1v) is 2.28. The van der Waals surface area contributed by atoms with E-state index in [4.69, 9.17) is 5.26 Å². The molecule has 0 spiro atoms. The van der Waals surface area contributed by atoms with Crippen molar-refractivity contribution in [2.45, 2.75) is 26.2 Å². The van der Waals surface area contributed by atoms with Gasteiger partial charge in [0.25, 0.3) is 0 Å². The minimum absolute atomic E-state index is 0. The van der Waals surface area contributed by atoms with E-state index >= 15 is 0 Å². The standard InChI is InChI=1S/C5H9N.H2O/c1-2-3-4-5-6;/h2-4H2,1H3;1H2. The van der Waals surface area contributed by atoms with E-state index in [1.165, 1.54) is 0 Å². The van der Waals surface area contributed by atoms with Gasteiger partial charge in [0.1, 0.15) is 0 Å². The van der Waals surface area contributed by atoms with E-state index in [2.05, 4.69) is 13.0 Å². The smallest absolute Gasteiger partial charge is 0.0621 e. The molecule has 2 N–H and O–H groups in total. The van der Waals surface area contributed by atoms with Gasteiger partial charge >= 0.3 is 0 Å². The summed E-state index contributed by atoms with van der Waals surface area (Å²) in [6.07, 6.45) is 2.90. The van der Waals surface area contributed by atoms with Crippen LogP contribution in [0, 0.1) is 11.3 Å². The Labute approximate surface area is 44.1 Å². The van der Waals surface area contributed by atoms with Crippen LogP contribution >= 0.6 is 0 Å². The van der Waals surface area contributed by atoms with E-state index in [1.807, 2.05) is 0 Å². The first-order chi connectivity index (χ1) is 2.91. The SMILES string of the molecule is CCCCC#N.O. The fraction of sp³-hybridized carbons (Fsp3) is 0.800. The number of hydrogen-bond donors (Lipinski definition) is 0. The predicted molar refractivity (Wildman–Crippen MR) is 28.8 cm³/mol. The van der Waals surface area contributed by atoms with E-state index in [1.54, 1.807) is 0 Å². The van der Waals surface area contributed by atoms with Gasteiger partial charge < -0.3 is 5.48 Å². The van der Waals surface area contributed by atoms with Gasteiger partial charge in [-0.05, 0) is 6.42 Å². The van der Waals surface area contributed by atoms with Gasteiger partial charge in [-0.2, -0.15) is 5.26 Å². The van der Waals surface area contributed by atoms with Crippen LogP contribution < -0.4 is 0 Å². The Morgan fingerprint density at radius 3 is 2.29 bits per heavy atom. The zero-order valence-corrected chi connectivity index (χ0v) is 4.57. The molecule has 42 valence electrons. The van der Waals surface area contributed by atoms with Crippen molar-refractivity contribution in [1.29, 1.82) is 5.26 Å². The largest absolute Gasteiger partial charge is 0.412 e. The highest BCUT2D eigenvalue weighted by Crippen LogP contribution is 1.88. The zero-order valence-electron chi connectivity index (χ0n) is 4.57. The molecule has 0 rings (SSSR count).